The summed E-state index contributed by atoms with van der Waals surface area (Å²) in [5, 5.41) is 14.8. The van der Waals surface area contributed by atoms with Crippen LogP contribution in [0.25, 0.3) is 11.4 Å². The van der Waals surface area contributed by atoms with E-state index in [4.69, 9.17) is 0 Å². The van der Waals surface area contributed by atoms with E-state index >= 15 is 0 Å². The zero-order valence-corrected chi connectivity index (χ0v) is 19.0. The molecule has 0 saturated heterocycles. The number of amides is 1. The predicted molar refractivity (Wildman–Crippen MR) is 121 cm³/mol. The van der Waals surface area contributed by atoms with Gasteiger partial charge in [-0.3, -0.25) is 4.79 Å². The van der Waals surface area contributed by atoms with Crippen LogP contribution >= 0.6 is 23.1 Å². The fourth-order valence-corrected chi connectivity index (χ4v) is 4.92. The van der Waals surface area contributed by atoms with Gasteiger partial charge in [0.2, 0.25) is 5.91 Å². The Morgan fingerprint density at radius 1 is 1.24 bits per heavy atom. The summed E-state index contributed by atoms with van der Waals surface area (Å²) < 4.78 is 2.12. The number of carbonyl (C=O) groups is 1. The topological polar surface area (TPSA) is 59.8 Å². The number of nitrogens with one attached hydrogen (secondary N) is 1. The molecule has 0 bridgehead atoms. The van der Waals surface area contributed by atoms with Crippen LogP contribution in [-0.4, -0.2) is 26.4 Å². The summed E-state index contributed by atoms with van der Waals surface area (Å²) in [5.74, 6) is 1.53. The van der Waals surface area contributed by atoms with Gasteiger partial charge in [0.05, 0.1) is 11.8 Å². The molecule has 1 aromatic carbocycles. The van der Waals surface area contributed by atoms with Crippen molar-refractivity contribution in [3.05, 3.63) is 52.2 Å². The Bertz CT molecular complexity index is 934. The number of rotatable bonds is 9. The Hall–Kier alpha value is -2.12. The first-order chi connectivity index (χ1) is 14.0. The molecule has 2 aromatic heterocycles. The zero-order chi connectivity index (χ0) is 20.8. The summed E-state index contributed by atoms with van der Waals surface area (Å²) in [5.41, 5.74) is 2.25. The molecule has 3 rings (SSSR count). The molecule has 1 unspecified atom stereocenters. The van der Waals surface area contributed by atoms with Gasteiger partial charge in [0, 0.05) is 17.0 Å². The van der Waals surface area contributed by atoms with Gasteiger partial charge in [-0.25, -0.2) is 0 Å². The van der Waals surface area contributed by atoms with Gasteiger partial charge in [0.15, 0.2) is 11.0 Å². The van der Waals surface area contributed by atoms with Crippen LogP contribution in [0.3, 0.4) is 0 Å². The molecule has 0 radical (unpaired) electrons. The molecule has 0 aliphatic rings. The Kier molecular flexibility index (Phi) is 7.50. The molecule has 1 amide bonds. The first-order valence-electron chi connectivity index (χ1n) is 9.95. The van der Waals surface area contributed by atoms with Gasteiger partial charge in [-0.2, -0.15) is 0 Å². The van der Waals surface area contributed by atoms with Crippen molar-refractivity contribution in [3.63, 3.8) is 0 Å². The molecule has 1 atom stereocenters. The lowest BCUT2D eigenvalue weighted by molar-refractivity contribution is -0.119. The van der Waals surface area contributed by atoms with Crippen LogP contribution in [0.4, 0.5) is 0 Å². The summed E-state index contributed by atoms with van der Waals surface area (Å²) in [7, 11) is 0. The molecule has 29 heavy (non-hydrogen) atoms. The molecule has 154 valence electrons. The highest BCUT2D eigenvalue weighted by molar-refractivity contribution is 7.99. The second-order valence-corrected chi connectivity index (χ2v) is 9.34. The summed E-state index contributed by atoms with van der Waals surface area (Å²) in [6.07, 6.45) is 0.977. The van der Waals surface area contributed by atoms with Crippen LogP contribution in [0, 0.1) is 12.8 Å². The van der Waals surface area contributed by atoms with Gasteiger partial charge in [-0.05, 0) is 36.8 Å². The molecule has 0 aliphatic carbocycles. The molecule has 0 aliphatic heterocycles. The van der Waals surface area contributed by atoms with Gasteiger partial charge >= 0.3 is 0 Å². The lowest BCUT2D eigenvalue weighted by atomic mass is 10.0. The maximum absolute atomic E-state index is 12.6. The van der Waals surface area contributed by atoms with E-state index in [1.807, 2.05) is 17.5 Å². The minimum atomic E-state index is 0.0188. The van der Waals surface area contributed by atoms with Crippen molar-refractivity contribution >= 4 is 29.0 Å². The number of nitrogens with zero attached hydrogens (tertiary/aromatic N) is 3. The Morgan fingerprint density at radius 3 is 2.72 bits per heavy atom. The summed E-state index contributed by atoms with van der Waals surface area (Å²) in [6, 6.07) is 12.4. The quantitative estimate of drug-likeness (QED) is 0.468. The fraction of sp³-hybridized carbons (Fsp3) is 0.409. The van der Waals surface area contributed by atoms with Gasteiger partial charge < -0.3 is 9.88 Å². The van der Waals surface area contributed by atoms with Crippen molar-refractivity contribution in [1.82, 2.24) is 20.1 Å². The van der Waals surface area contributed by atoms with E-state index in [-0.39, 0.29) is 11.9 Å². The second-order valence-electron chi connectivity index (χ2n) is 7.42. The molecule has 0 fully saturated rings. The third-order valence-electron chi connectivity index (χ3n) is 4.61. The Balaban J connectivity index is 1.71. The monoisotopic (exact) mass is 428 g/mol. The molecule has 0 saturated carbocycles. The number of hydrogen-bond donors (Lipinski definition) is 1. The van der Waals surface area contributed by atoms with Crippen LogP contribution in [0.2, 0.25) is 0 Å². The number of thioether (sulfide) groups is 1. The maximum Gasteiger partial charge on any atom is 0.230 e. The van der Waals surface area contributed by atoms with Gasteiger partial charge in [-0.1, -0.05) is 62.4 Å². The average molecular weight is 429 g/mol. The molecular formula is C22H28N4OS2. The third kappa shape index (κ3) is 5.48. The van der Waals surface area contributed by atoms with Crippen LogP contribution < -0.4 is 5.32 Å². The van der Waals surface area contributed by atoms with Crippen molar-refractivity contribution in [2.75, 3.05) is 5.75 Å². The molecule has 0 spiro atoms. The highest BCUT2D eigenvalue weighted by Crippen LogP contribution is 2.27. The van der Waals surface area contributed by atoms with E-state index in [1.54, 1.807) is 11.3 Å². The van der Waals surface area contributed by atoms with Gasteiger partial charge in [0.1, 0.15) is 0 Å². The maximum atomic E-state index is 12.6. The summed E-state index contributed by atoms with van der Waals surface area (Å²) >= 11 is 3.13. The van der Waals surface area contributed by atoms with Gasteiger partial charge in [0.25, 0.3) is 0 Å². The van der Waals surface area contributed by atoms with Crippen molar-refractivity contribution in [2.24, 2.45) is 5.92 Å². The van der Waals surface area contributed by atoms with E-state index in [0.29, 0.717) is 11.7 Å². The molecule has 1 N–H and O–H groups in total. The van der Waals surface area contributed by atoms with Crippen LogP contribution in [-0.2, 0) is 11.3 Å². The largest absolute Gasteiger partial charge is 0.347 e. The van der Waals surface area contributed by atoms with E-state index in [0.717, 1.165) is 29.5 Å². The molecule has 5 nitrogen and oxygen atoms in total. The van der Waals surface area contributed by atoms with E-state index in [9.17, 15) is 4.79 Å². The molecule has 2 heterocycles. The summed E-state index contributed by atoms with van der Waals surface area (Å²) in [4.78, 5) is 13.8. The summed E-state index contributed by atoms with van der Waals surface area (Å²) in [6.45, 7) is 9.29. The minimum Gasteiger partial charge on any atom is -0.347 e. The number of benzene rings is 1. The Morgan fingerprint density at radius 2 is 2.07 bits per heavy atom. The zero-order valence-electron chi connectivity index (χ0n) is 17.4. The fourth-order valence-electron chi connectivity index (χ4n) is 3.20. The van der Waals surface area contributed by atoms with E-state index in [1.165, 1.54) is 22.2 Å². The normalized spacial score (nSPS) is 12.3. The number of thiophene rings is 1. The van der Waals surface area contributed by atoms with Crippen molar-refractivity contribution in [3.8, 4) is 11.4 Å². The SMILES string of the molecule is CCCn1c(SCC(=O)NC(c2cccs2)C(C)C)nnc1-c1cccc(C)c1. The van der Waals surface area contributed by atoms with Crippen molar-refractivity contribution < 1.29 is 4.79 Å². The first kappa shape index (κ1) is 21.6. The van der Waals surface area contributed by atoms with Crippen LogP contribution in [0.5, 0.6) is 0 Å². The van der Waals surface area contributed by atoms with Crippen molar-refractivity contribution in [1.29, 1.82) is 0 Å². The standard InChI is InChI=1S/C22H28N4OS2/c1-5-11-26-21(17-9-6-8-16(4)13-17)24-25-22(26)29-14-19(27)23-20(15(2)3)18-10-7-12-28-18/h6-10,12-13,15,20H,5,11,14H2,1-4H3,(H,23,27). The second kappa shape index (κ2) is 10.1. The molecule has 3 aromatic rings. The molecule has 7 heteroatoms. The highest BCUT2D eigenvalue weighted by atomic mass is 32.2. The smallest absolute Gasteiger partial charge is 0.230 e. The highest BCUT2D eigenvalue weighted by Gasteiger charge is 2.20. The average Bonchev–Trinajstić information content (AvgIpc) is 3.35. The van der Waals surface area contributed by atoms with Gasteiger partial charge in [-0.15, -0.1) is 21.5 Å². The number of aromatic nitrogens is 3. The predicted octanol–water partition coefficient (Wildman–Crippen LogP) is 5.33. The lowest BCUT2D eigenvalue weighted by Crippen LogP contribution is -2.32. The lowest BCUT2D eigenvalue weighted by Gasteiger charge is -2.21. The van der Waals surface area contributed by atoms with Crippen LogP contribution in [0.1, 0.15) is 43.7 Å². The molecular weight excluding hydrogens is 400 g/mol. The van der Waals surface area contributed by atoms with E-state index in [2.05, 4.69) is 72.0 Å². The third-order valence-corrected chi connectivity index (χ3v) is 6.53. The van der Waals surface area contributed by atoms with Crippen molar-refractivity contribution in [2.45, 2.75) is 51.9 Å². The van der Waals surface area contributed by atoms with E-state index < -0.39 is 0 Å². The Labute approximate surface area is 180 Å². The number of hydrogen-bond acceptors (Lipinski definition) is 5. The number of carbonyl (C=O) groups excluding carboxylic acids is 1. The van der Waals surface area contributed by atoms with Crippen LogP contribution in [0.15, 0.2) is 46.9 Å². The minimum absolute atomic E-state index is 0.0188. The first-order valence-corrected chi connectivity index (χ1v) is 11.8. The number of aryl methyl sites for hydroxylation is 1.